The molecule has 4 rings (SSSR count). The van der Waals surface area contributed by atoms with Crippen LogP contribution in [0.4, 0.5) is 14.5 Å². The Bertz CT molecular complexity index is 1300. The average Bonchev–Trinajstić information content (AvgIpc) is 2.96. The second-order valence-electron chi connectivity index (χ2n) is 9.14. The lowest BCUT2D eigenvalue weighted by Crippen LogP contribution is -2.50. The fourth-order valence-corrected chi connectivity index (χ4v) is 4.72. The molecule has 1 fully saturated rings. The first-order valence-corrected chi connectivity index (χ1v) is 12.9. The minimum atomic E-state index is -0.658. The summed E-state index contributed by atoms with van der Waals surface area (Å²) in [6.07, 6.45) is 0. The molecule has 210 valence electrons. The van der Waals surface area contributed by atoms with E-state index in [-0.39, 0.29) is 41.4 Å². The third-order valence-corrected chi connectivity index (χ3v) is 6.76. The Morgan fingerprint density at radius 2 is 1.45 bits per heavy atom. The SMILES string of the molecule is COC(=O)c1cc(Cl)ccc1NC(=O)COCC(=O)N1CCN(C(c2ccc(F)cc2)c2ccc(F)cc2)CC1. The second kappa shape index (κ2) is 13.5. The lowest BCUT2D eigenvalue weighted by molar-refractivity contribution is -0.139. The molecule has 0 unspecified atom stereocenters. The van der Waals surface area contributed by atoms with E-state index in [1.54, 1.807) is 29.2 Å². The Hall–Kier alpha value is -3.86. The van der Waals surface area contributed by atoms with Crippen molar-refractivity contribution in [3.8, 4) is 0 Å². The van der Waals surface area contributed by atoms with Crippen LogP contribution in [-0.4, -0.2) is 74.1 Å². The third-order valence-electron chi connectivity index (χ3n) is 6.52. The number of rotatable bonds is 9. The molecule has 0 atom stereocenters. The molecule has 11 heteroatoms. The average molecular weight is 572 g/mol. The number of benzene rings is 3. The first-order valence-electron chi connectivity index (χ1n) is 12.5. The molecule has 0 aliphatic carbocycles. The van der Waals surface area contributed by atoms with Gasteiger partial charge < -0.3 is 19.7 Å². The maximum Gasteiger partial charge on any atom is 0.340 e. The Morgan fingerprint density at radius 1 is 0.875 bits per heavy atom. The molecule has 1 saturated heterocycles. The van der Waals surface area contributed by atoms with Crippen LogP contribution in [0.2, 0.25) is 5.02 Å². The van der Waals surface area contributed by atoms with Crippen LogP contribution >= 0.6 is 11.6 Å². The van der Waals surface area contributed by atoms with Crippen LogP contribution in [0.25, 0.3) is 0 Å². The predicted octanol–water partition coefficient (Wildman–Crippen LogP) is 4.29. The van der Waals surface area contributed by atoms with E-state index in [0.717, 1.165) is 11.1 Å². The zero-order chi connectivity index (χ0) is 28.6. The maximum atomic E-state index is 13.6. The van der Waals surface area contributed by atoms with Crippen LogP contribution < -0.4 is 5.32 Å². The number of nitrogens with zero attached hydrogens (tertiary/aromatic N) is 2. The van der Waals surface area contributed by atoms with Gasteiger partial charge in [-0.15, -0.1) is 0 Å². The molecule has 8 nitrogen and oxygen atoms in total. The molecule has 0 aromatic heterocycles. The number of esters is 1. The highest BCUT2D eigenvalue weighted by Crippen LogP contribution is 2.30. The first kappa shape index (κ1) is 29.1. The van der Waals surface area contributed by atoms with Crippen molar-refractivity contribution in [3.63, 3.8) is 0 Å². The Balaban J connectivity index is 1.30. The molecule has 3 aromatic carbocycles. The molecule has 1 aliphatic heterocycles. The van der Waals surface area contributed by atoms with E-state index in [2.05, 4.69) is 10.2 Å². The van der Waals surface area contributed by atoms with Crippen molar-refractivity contribution in [1.29, 1.82) is 0 Å². The monoisotopic (exact) mass is 571 g/mol. The van der Waals surface area contributed by atoms with Crippen molar-refractivity contribution in [2.45, 2.75) is 6.04 Å². The van der Waals surface area contributed by atoms with Gasteiger partial charge in [0, 0.05) is 31.2 Å². The highest BCUT2D eigenvalue weighted by atomic mass is 35.5. The Morgan fingerprint density at radius 3 is 2.00 bits per heavy atom. The van der Waals surface area contributed by atoms with Crippen LogP contribution in [0.5, 0.6) is 0 Å². The number of anilines is 1. The number of carbonyl (C=O) groups excluding carboxylic acids is 3. The van der Waals surface area contributed by atoms with Crippen LogP contribution in [0.3, 0.4) is 0 Å². The smallest absolute Gasteiger partial charge is 0.340 e. The highest BCUT2D eigenvalue weighted by molar-refractivity contribution is 6.31. The summed E-state index contributed by atoms with van der Waals surface area (Å²) in [5, 5.41) is 2.87. The Kier molecular flexibility index (Phi) is 9.81. The molecular weight excluding hydrogens is 544 g/mol. The summed E-state index contributed by atoms with van der Waals surface area (Å²) in [5.74, 6) is -2.17. The molecule has 3 aromatic rings. The summed E-state index contributed by atoms with van der Waals surface area (Å²) < 4.78 is 37.2. The van der Waals surface area contributed by atoms with Crippen LogP contribution in [-0.2, 0) is 19.1 Å². The van der Waals surface area contributed by atoms with Gasteiger partial charge in [0.15, 0.2) is 0 Å². The number of nitrogens with one attached hydrogen (secondary N) is 1. The van der Waals surface area contributed by atoms with Crippen molar-refractivity contribution < 1.29 is 32.6 Å². The molecule has 1 aliphatic rings. The molecule has 0 saturated carbocycles. The normalized spacial score (nSPS) is 13.8. The maximum absolute atomic E-state index is 13.6. The number of methoxy groups -OCH3 is 1. The van der Waals surface area contributed by atoms with Crippen molar-refractivity contribution in [2.75, 3.05) is 51.8 Å². The van der Waals surface area contributed by atoms with Gasteiger partial charge in [-0.2, -0.15) is 0 Å². The van der Waals surface area contributed by atoms with Crippen LogP contribution in [0.1, 0.15) is 27.5 Å². The Labute approximate surface area is 235 Å². The number of amides is 2. The summed E-state index contributed by atoms with van der Waals surface area (Å²) in [7, 11) is 1.22. The predicted molar refractivity (Wildman–Crippen MR) is 145 cm³/mol. The summed E-state index contributed by atoms with van der Waals surface area (Å²) >= 11 is 5.93. The molecule has 40 heavy (non-hydrogen) atoms. The number of halogens is 3. The summed E-state index contributed by atoms with van der Waals surface area (Å²) in [5.41, 5.74) is 2.03. The van der Waals surface area contributed by atoms with Crippen molar-refractivity contribution >= 4 is 35.1 Å². The van der Waals surface area contributed by atoms with E-state index in [0.29, 0.717) is 31.2 Å². The van der Waals surface area contributed by atoms with E-state index in [1.165, 1.54) is 49.6 Å². The first-order chi connectivity index (χ1) is 19.2. The van der Waals surface area contributed by atoms with E-state index in [1.807, 2.05) is 0 Å². The van der Waals surface area contributed by atoms with Crippen molar-refractivity contribution in [2.24, 2.45) is 0 Å². The van der Waals surface area contributed by atoms with Crippen molar-refractivity contribution in [3.05, 3.63) is 100 Å². The van der Waals surface area contributed by atoms with Gasteiger partial charge in [-0.25, -0.2) is 13.6 Å². The van der Waals surface area contributed by atoms with E-state index >= 15 is 0 Å². The zero-order valence-corrected chi connectivity index (χ0v) is 22.5. The second-order valence-corrected chi connectivity index (χ2v) is 9.58. The van der Waals surface area contributed by atoms with E-state index in [9.17, 15) is 23.2 Å². The lowest BCUT2D eigenvalue weighted by Gasteiger charge is -2.39. The quantitative estimate of drug-likeness (QED) is 0.386. The number of carbonyl (C=O) groups is 3. The number of ether oxygens (including phenoxy) is 2. The van der Waals surface area contributed by atoms with Gasteiger partial charge in [0.2, 0.25) is 11.8 Å². The van der Waals surface area contributed by atoms with Gasteiger partial charge in [0.25, 0.3) is 0 Å². The minimum Gasteiger partial charge on any atom is -0.465 e. The lowest BCUT2D eigenvalue weighted by atomic mass is 9.96. The summed E-state index contributed by atoms with van der Waals surface area (Å²) in [4.78, 5) is 40.8. The molecule has 0 bridgehead atoms. The number of hydrogen-bond donors (Lipinski definition) is 1. The topological polar surface area (TPSA) is 88.2 Å². The molecular formula is C29H28ClF2N3O5. The molecule has 0 spiro atoms. The van der Waals surface area contributed by atoms with Gasteiger partial charge in [-0.1, -0.05) is 35.9 Å². The molecule has 0 radical (unpaired) electrons. The molecule has 1 heterocycles. The summed E-state index contributed by atoms with van der Waals surface area (Å²) in [6, 6.07) is 16.5. The minimum absolute atomic E-state index is 0.0943. The van der Waals surface area contributed by atoms with Crippen molar-refractivity contribution in [1.82, 2.24) is 9.80 Å². The van der Waals surface area contributed by atoms with Gasteiger partial charge >= 0.3 is 5.97 Å². The van der Waals surface area contributed by atoms with E-state index < -0.39 is 18.5 Å². The third kappa shape index (κ3) is 7.41. The standard InChI is InChI=1S/C29H28ClF2N3O5/c1-39-29(38)24-16-21(30)6-11-25(24)33-26(36)17-40-18-27(37)34-12-14-35(15-13-34)28(19-2-7-22(31)8-3-19)20-4-9-23(32)10-5-20/h2-11,16,28H,12-15,17-18H2,1H3,(H,33,36). The molecule has 2 amide bonds. The fraction of sp³-hybridized carbons (Fsp3) is 0.276. The fourth-order valence-electron chi connectivity index (χ4n) is 4.55. The largest absolute Gasteiger partial charge is 0.465 e. The van der Waals surface area contributed by atoms with E-state index in [4.69, 9.17) is 21.1 Å². The molecule has 1 N–H and O–H groups in total. The van der Waals surface area contributed by atoms with Gasteiger partial charge in [0.1, 0.15) is 24.8 Å². The van der Waals surface area contributed by atoms with Crippen LogP contribution in [0, 0.1) is 11.6 Å². The number of hydrogen-bond acceptors (Lipinski definition) is 6. The van der Waals surface area contributed by atoms with Gasteiger partial charge in [-0.3, -0.25) is 14.5 Å². The summed E-state index contributed by atoms with van der Waals surface area (Å²) in [6.45, 7) is 1.20. The number of piperazine rings is 1. The zero-order valence-electron chi connectivity index (χ0n) is 21.7. The highest BCUT2D eigenvalue weighted by Gasteiger charge is 2.28. The van der Waals surface area contributed by atoms with Gasteiger partial charge in [-0.05, 0) is 53.6 Å². The van der Waals surface area contributed by atoms with Gasteiger partial charge in [0.05, 0.1) is 24.4 Å². The van der Waals surface area contributed by atoms with Crippen LogP contribution in [0.15, 0.2) is 66.7 Å².